The molecule has 25 heavy (non-hydrogen) atoms. The van der Waals surface area contributed by atoms with Gasteiger partial charge in [0, 0.05) is 0 Å². The maximum absolute atomic E-state index is 10.2. The number of anilines is 1. The van der Waals surface area contributed by atoms with Crippen molar-refractivity contribution in [3.8, 4) is 0 Å². The molecule has 2 fully saturated rings. The number of aliphatic hydroxyl groups is 4. The Morgan fingerprint density at radius 1 is 1.16 bits per heavy atom. The third kappa shape index (κ3) is 2.75. The first-order chi connectivity index (χ1) is 12.1. The largest absolute Gasteiger partial charge is 0.394 e. The van der Waals surface area contributed by atoms with Crippen molar-refractivity contribution in [2.45, 2.75) is 55.9 Å². The van der Waals surface area contributed by atoms with Crippen LogP contribution in [0.15, 0.2) is 12.7 Å². The molecule has 6 atom stereocenters. The SMILES string of the molecule is OC[C@H]1O[C@H](n2cnc3c(N[C@@H]4CCC[C@H]4O)ncnc32)[C@H](O)[C@@H]1O. The number of aromatic nitrogens is 4. The van der Waals surface area contributed by atoms with Crippen LogP contribution in [-0.2, 0) is 4.74 Å². The van der Waals surface area contributed by atoms with Gasteiger partial charge in [-0.05, 0) is 19.3 Å². The van der Waals surface area contributed by atoms with E-state index in [-0.39, 0.29) is 6.04 Å². The summed E-state index contributed by atoms with van der Waals surface area (Å²) in [6.45, 7) is -0.400. The number of nitrogens with zero attached hydrogens (tertiary/aromatic N) is 4. The van der Waals surface area contributed by atoms with Crippen molar-refractivity contribution in [1.82, 2.24) is 19.5 Å². The van der Waals surface area contributed by atoms with E-state index in [0.717, 1.165) is 19.3 Å². The molecule has 2 aliphatic rings. The quantitative estimate of drug-likeness (QED) is 0.456. The molecule has 0 aromatic carbocycles. The summed E-state index contributed by atoms with van der Waals surface area (Å²) in [4.78, 5) is 12.7. The summed E-state index contributed by atoms with van der Waals surface area (Å²) >= 11 is 0. The van der Waals surface area contributed by atoms with Gasteiger partial charge in [-0.15, -0.1) is 0 Å². The van der Waals surface area contributed by atoms with E-state index in [1.807, 2.05) is 0 Å². The number of hydrogen-bond acceptors (Lipinski definition) is 9. The first-order valence-electron chi connectivity index (χ1n) is 8.34. The highest BCUT2D eigenvalue weighted by Crippen LogP contribution is 2.32. The minimum atomic E-state index is -1.21. The number of nitrogens with one attached hydrogen (secondary N) is 1. The van der Waals surface area contributed by atoms with Gasteiger partial charge in [0.2, 0.25) is 0 Å². The summed E-state index contributed by atoms with van der Waals surface area (Å²) in [6.07, 6.45) is 0.768. The standard InChI is InChI=1S/C15H21N5O5/c21-4-9-11(23)12(24)15(25-9)20-6-18-10-13(16-5-17-14(10)20)19-7-2-1-3-8(7)22/h5-9,11-12,15,21-24H,1-4H2,(H,16,17,19)/t7-,8-,9-,11-,12-,15+/m1/s1. The van der Waals surface area contributed by atoms with Crippen molar-refractivity contribution in [1.29, 1.82) is 0 Å². The molecule has 1 saturated heterocycles. The smallest absolute Gasteiger partial charge is 0.167 e. The normalized spacial score (nSPS) is 35.5. The summed E-state index contributed by atoms with van der Waals surface area (Å²) in [5.74, 6) is 0.501. The van der Waals surface area contributed by atoms with Gasteiger partial charge in [-0.25, -0.2) is 15.0 Å². The molecule has 0 amide bonds. The van der Waals surface area contributed by atoms with Crippen molar-refractivity contribution in [2.75, 3.05) is 11.9 Å². The molecule has 1 saturated carbocycles. The van der Waals surface area contributed by atoms with E-state index in [0.29, 0.717) is 17.0 Å². The molecule has 0 spiro atoms. The molecule has 1 aliphatic carbocycles. The van der Waals surface area contributed by atoms with Gasteiger partial charge >= 0.3 is 0 Å². The zero-order valence-corrected chi connectivity index (χ0v) is 13.4. The van der Waals surface area contributed by atoms with Gasteiger partial charge in [0.05, 0.1) is 25.1 Å². The molecular weight excluding hydrogens is 330 g/mol. The van der Waals surface area contributed by atoms with Crippen LogP contribution in [0.25, 0.3) is 11.2 Å². The second kappa shape index (κ2) is 6.46. The fourth-order valence-electron chi connectivity index (χ4n) is 3.54. The Balaban J connectivity index is 1.65. The van der Waals surface area contributed by atoms with Crippen LogP contribution in [0, 0.1) is 0 Å². The lowest BCUT2D eigenvalue weighted by Gasteiger charge is -2.18. The Hall–Kier alpha value is -1.85. The molecule has 0 unspecified atom stereocenters. The zero-order valence-electron chi connectivity index (χ0n) is 13.4. The van der Waals surface area contributed by atoms with E-state index in [2.05, 4.69) is 20.3 Å². The highest BCUT2D eigenvalue weighted by Gasteiger charge is 2.44. The highest BCUT2D eigenvalue weighted by molar-refractivity contribution is 5.82. The Morgan fingerprint density at radius 3 is 2.68 bits per heavy atom. The van der Waals surface area contributed by atoms with Crippen LogP contribution >= 0.6 is 0 Å². The minimum absolute atomic E-state index is 0.0860. The van der Waals surface area contributed by atoms with Gasteiger partial charge in [0.1, 0.15) is 24.6 Å². The van der Waals surface area contributed by atoms with Crippen LogP contribution < -0.4 is 5.32 Å². The molecule has 2 aromatic rings. The van der Waals surface area contributed by atoms with Gasteiger partial charge < -0.3 is 30.5 Å². The van der Waals surface area contributed by atoms with Crippen LogP contribution in [0.2, 0.25) is 0 Å². The van der Waals surface area contributed by atoms with E-state index in [1.54, 1.807) is 0 Å². The summed E-state index contributed by atoms with van der Waals surface area (Å²) in [5, 5.41) is 42.6. The van der Waals surface area contributed by atoms with Crippen molar-refractivity contribution >= 4 is 17.0 Å². The fraction of sp³-hybridized carbons (Fsp3) is 0.667. The minimum Gasteiger partial charge on any atom is -0.394 e. The molecule has 4 rings (SSSR count). The number of hydrogen-bond donors (Lipinski definition) is 5. The van der Waals surface area contributed by atoms with Gasteiger partial charge in [-0.3, -0.25) is 4.57 Å². The van der Waals surface area contributed by atoms with Crippen molar-refractivity contribution < 1.29 is 25.2 Å². The molecule has 136 valence electrons. The number of imidazole rings is 1. The maximum Gasteiger partial charge on any atom is 0.167 e. The predicted octanol–water partition coefficient (Wildman–Crippen LogP) is -1.24. The van der Waals surface area contributed by atoms with Crippen LogP contribution in [-0.4, -0.2) is 77.0 Å². The van der Waals surface area contributed by atoms with Crippen molar-refractivity contribution in [3.05, 3.63) is 12.7 Å². The highest BCUT2D eigenvalue weighted by atomic mass is 16.6. The summed E-state index contributed by atoms with van der Waals surface area (Å²) < 4.78 is 7.04. The Bertz CT molecular complexity index is 755. The fourth-order valence-corrected chi connectivity index (χ4v) is 3.54. The average molecular weight is 351 g/mol. The number of aliphatic hydroxyl groups excluding tert-OH is 4. The van der Waals surface area contributed by atoms with Crippen molar-refractivity contribution in [3.63, 3.8) is 0 Å². The van der Waals surface area contributed by atoms with Gasteiger partial charge in [-0.1, -0.05) is 0 Å². The molecule has 10 heteroatoms. The molecule has 3 heterocycles. The van der Waals surface area contributed by atoms with Crippen LogP contribution in [0.4, 0.5) is 5.82 Å². The number of fused-ring (bicyclic) bond motifs is 1. The van der Waals surface area contributed by atoms with Gasteiger partial charge in [0.15, 0.2) is 23.2 Å². The average Bonchev–Trinajstić information content (AvgIpc) is 3.29. The first-order valence-corrected chi connectivity index (χ1v) is 8.34. The second-order valence-corrected chi connectivity index (χ2v) is 6.52. The van der Waals surface area contributed by atoms with Gasteiger partial charge in [0.25, 0.3) is 0 Å². The first kappa shape index (κ1) is 16.6. The van der Waals surface area contributed by atoms with Crippen molar-refractivity contribution in [2.24, 2.45) is 0 Å². The third-order valence-electron chi connectivity index (χ3n) is 4.95. The summed E-state index contributed by atoms with van der Waals surface area (Å²) in [6, 6.07) is -0.0860. The Morgan fingerprint density at radius 2 is 2.00 bits per heavy atom. The lowest BCUT2D eigenvalue weighted by atomic mass is 10.1. The van der Waals surface area contributed by atoms with Crippen LogP contribution in [0.1, 0.15) is 25.5 Å². The number of rotatable bonds is 4. The lowest BCUT2D eigenvalue weighted by molar-refractivity contribution is -0.0511. The molecular formula is C15H21N5O5. The molecule has 0 bridgehead atoms. The molecule has 1 aliphatic heterocycles. The summed E-state index contributed by atoms with van der Waals surface area (Å²) in [7, 11) is 0. The van der Waals surface area contributed by atoms with Crippen LogP contribution in [0.3, 0.4) is 0 Å². The molecule has 0 radical (unpaired) electrons. The molecule has 10 nitrogen and oxygen atoms in total. The Kier molecular flexibility index (Phi) is 4.29. The van der Waals surface area contributed by atoms with E-state index < -0.39 is 37.3 Å². The summed E-state index contributed by atoms with van der Waals surface area (Å²) in [5.41, 5.74) is 0.916. The zero-order chi connectivity index (χ0) is 17.6. The van der Waals surface area contributed by atoms with Gasteiger partial charge in [-0.2, -0.15) is 0 Å². The molecule has 2 aromatic heterocycles. The molecule has 5 N–H and O–H groups in total. The Labute approximate surface area is 143 Å². The van der Waals surface area contributed by atoms with E-state index in [4.69, 9.17) is 4.74 Å². The topological polar surface area (TPSA) is 146 Å². The second-order valence-electron chi connectivity index (χ2n) is 6.52. The predicted molar refractivity (Wildman–Crippen MR) is 85.6 cm³/mol. The monoisotopic (exact) mass is 351 g/mol. The van der Waals surface area contributed by atoms with E-state index in [1.165, 1.54) is 17.2 Å². The van der Waals surface area contributed by atoms with Crippen LogP contribution in [0.5, 0.6) is 0 Å². The van der Waals surface area contributed by atoms with E-state index >= 15 is 0 Å². The maximum atomic E-state index is 10.2. The third-order valence-corrected chi connectivity index (χ3v) is 4.95. The number of ether oxygens (including phenoxy) is 1. The lowest BCUT2D eigenvalue weighted by Crippen LogP contribution is -2.33. The van der Waals surface area contributed by atoms with E-state index in [9.17, 15) is 20.4 Å².